The lowest BCUT2D eigenvalue weighted by molar-refractivity contribution is 0.179. The van der Waals surface area contributed by atoms with Gasteiger partial charge in [0.25, 0.3) is 0 Å². The zero-order valence-corrected chi connectivity index (χ0v) is 14.9. The highest BCUT2D eigenvalue weighted by molar-refractivity contribution is 6.36. The van der Waals surface area contributed by atoms with Crippen molar-refractivity contribution in [2.24, 2.45) is 0 Å². The Morgan fingerprint density at radius 3 is 2.80 bits per heavy atom. The highest BCUT2D eigenvalue weighted by Gasteiger charge is 2.31. The van der Waals surface area contributed by atoms with Crippen LogP contribution < -0.4 is 15.5 Å². The van der Waals surface area contributed by atoms with Gasteiger partial charge in [-0.2, -0.15) is 0 Å². The number of urea groups is 1. The highest BCUT2D eigenvalue weighted by Crippen LogP contribution is 2.33. The fourth-order valence-electron chi connectivity index (χ4n) is 2.70. The molecule has 2 N–H and O–H groups in total. The van der Waals surface area contributed by atoms with Gasteiger partial charge in [-0.15, -0.1) is 0 Å². The molecule has 25 heavy (non-hydrogen) atoms. The van der Waals surface area contributed by atoms with Gasteiger partial charge in [-0.25, -0.2) is 14.6 Å². The molecule has 1 aromatic carbocycles. The van der Waals surface area contributed by atoms with E-state index in [0.717, 1.165) is 10.8 Å². The largest absolute Gasteiger partial charge is 0.447 e. The van der Waals surface area contributed by atoms with Gasteiger partial charge in [0.15, 0.2) is 0 Å². The number of benzene rings is 1. The molecule has 2 aromatic rings. The Kier molecular flexibility index (Phi) is 4.67. The minimum absolute atomic E-state index is 0.0178. The Labute approximate surface area is 150 Å². The summed E-state index contributed by atoms with van der Waals surface area (Å²) in [5.41, 5.74) is 0.649. The number of hydrogen-bond donors (Lipinski definition) is 2. The second kappa shape index (κ2) is 6.76. The third kappa shape index (κ3) is 3.61. The van der Waals surface area contributed by atoms with Crippen molar-refractivity contribution in [2.45, 2.75) is 32.9 Å². The molecule has 2 heterocycles. The Bertz CT molecular complexity index is 840. The first-order valence-corrected chi connectivity index (χ1v) is 8.35. The molecule has 0 radical (unpaired) electrons. The molecular weight excluding hydrogens is 344 g/mol. The van der Waals surface area contributed by atoms with E-state index in [1.807, 2.05) is 26.8 Å². The number of carbonyl (C=O) groups is 2. The Morgan fingerprint density at radius 2 is 2.16 bits per heavy atom. The first kappa shape index (κ1) is 17.3. The lowest BCUT2D eigenvalue weighted by Gasteiger charge is -2.19. The van der Waals surface area contributed by atoms with E-state index in [2.05, 4.69) is 15.6 Å². The van der Waals surface area contributed by atoms with Crippen LogP contribution in [-0.2, 0) is 4.74 Å². The number of carbonyl (C=O) groups excluding carboxylic acids is 2. The zero-order valence-electron chi connectivity index (χ0n) is 14.2. The number of ether oxygens (including phenoxy) is 1. The molecule has 1 atom stereocenters. The van der Waals surface area contributed by atoms with Gasteiger partial charge >= 0.3 is 12.1 Å². The minimum Gasteiger partial charge on any atom is -0.447 e. The van der Waals surface area contributed by atoms with E-state index in [9.17, 15) is 9.59 Å². The van der Waals surface area contributed by atoms with Crippen LogP contribution in [0.5, 0.6) is 0 Å². The Morgan fingerprint density at radius 1 is 1.40 bits per heavy atom. The van der Waals surface area contributed by atoms with Gasteiger partial charge in [0.1, 0.15) is 12.4 Å². The van der Waals surface area contributed by atoms with Gasteiger partial charge in [-0.3, -0.25) is 10.2 Å². The molecule has 1 fully saturated rings. The maximum atomic E-state index is 11.9. The van der Waals surface area contributed by atoms with Crippen molar-refractivity contribution in [3.05, 3.63) is 29.4 Å². The molecule has 0 bridgehead atoms. The van der Waals surface area contributed by atoms with E-state index in [1.54, 1.807) is 23.2 Å². The molecule has 0 aliphatic carbocycles. The number of pyridine rings is 1. The summed E-state index contributed by atoms with van der Waals surface area (Å²) in [6.07, 6.45) is 1.20. The molecule has 1 unspecified atom stereocenters. The lowest BCUT2D eigenvalue weighted by Crippen LogP contribution is -2.34. The summed E-state index contributed by atoms with van der Waals surface area (Å²) in [6.45, 7) is 5.98. The van der Waals surface area contributed by atoms with E-state index < -0.39 is 6.09 Å². The summed E-state index contributed by atoms with van der Waals surface area (Å²) >= 11 is 6.34. The van der Waals surface area contributed by atoms with E-state index in [1.165, 1.54) is 0 Å². The maximum absolute atomic E-state index is 11.9. The lowest BCUT2D eigenvalue weighted by atomic mass is 10.1. The van der Waals surface area contributed by atoms with Crippen LogP contribution >= 0.6 is 11.6 Å². The van der Waals surface area contributed by atoms with Crippen LogP contribution in [0.2, 0.25) is 5.02 Å². The minimum atomic E-state index is -0.397. The average molecular weight is 363 g/mol. The monoisotopic (exact) mass is 362 g/mol. The third-order valence-corrected chi connectivity index (χ3v) is 4.11. The predicted molar refractivity (Wildman–Crippen MR) is 97.3 cm³/mol. The van der Waals surface area contributed by atoms with Crippen LogP contribution in [0.1, 0.15) is 20.8 Å². The summed E-state index contributed by atoms with van der Waals surface area (Å²) < 4.78 is 5.06. The second-order valence-corrected chi connectivity index (χ2v) is 6.67. The standard InChI is InChI=1S/C17H19ClN4O3/c1-9(2)20-16(23)21-15-5-11-4-12(6-14(18)13(11)7-19-15)22-10(3)8-25-17(22)24/h4-7,9-10H,8H2,1-3H3,(H2,19,20,21,23). The maximum Gasteiger partial charge on any atom is 0.414 e. The van der Waals surface area contributed by atoms with Crippen molar-refractivity contribution in [1.29, 1.82) is 0 Å². The predicted octanol–water partition coefficient (Wildman–Crippen LogP) is 3.76. The van der Waals surface area contributed by atoms with Gasteiger partial charge in [0, 0.05) is 23.3 Å². The van der Waals surface area contributed by atoms with Crippen molar-refractivity contribution in [3.63, 3.8) is 0 Å². The van der Waals surface area contributed by atoms with Crippen LogP contribution in [0, 0.1) is 0 Å². The summed E-state index contributed by atoms with van der Waals surface area (Å²) in [7, 11) is 0. The molecule has 1 aromatic heterocycles. The topological polar surface area (TPSA) is 83.6 Å². The van der Waals surface area contributed by atoms with Crippen LogP contribution in [0.15, 0.2) is 24.4 Å². The number of anilines is 2. The number of nitrogens with one attached hydrogen (secondary N) is 2. The van der Waals surface area contributed by atoms with Crippen molar-refractivity contribution in [3.8, 4) is 0 Å². The van der Waals surface area contributed by atoms with Crippen LogP contribution in [0.3, 0.4) is 0 Å². The number of aromatic nitrogens is 1. The number of amides is 3. The number of fused-ring (bicyclic) bond motifs is 1. The summed E-state index contributed by atoms with van der Waals surface area (Å²) in [5, 5.41) is 7.40. The summed E-state index contributed by atoms with van der Waals surface area (Å²) in [4.78, 5) is 29.5. The molecule has 1 saturated heterocycles. The molecule has 3 rings (SSSR count). The third-order valence-electron chi connectivity index (χ3n) is 3.80. The zero-order chi connectivity index (χ0) is 18.1. The van der Waals surface area contributed by atoms with Crippen molar-refractivity contribution < 1.29 is 14.3 Å². The normalized spacial score (nSPS) is 17.1. The van der Waals surface area contributed by atoms with Crippen LogP contribution in [-0.4, -0.2) is 35.8 Å². The van der Waals surface area contributed by atoms with Gasteiger partial charge in [-0.05, 0) is 44.4 Å². The molecule has 7 nitrogen and oxygen atoms in total. The fourth-order valence-corrected chi connectivity index (χ4v) is 2.97. The van der Waals surface area contributed by atoms with Crippen molar-refractivity contribution in [1.82, 2.24) is 10.3 Å². The van der Waals surface area contributed by atoms with Gasteiger partial charge in [0.05, 0.1) is 11.1 Å². The number of cyclic esters (lactones) is 1. The molecular formula is C17H19ClN4O3. The Balaban J connectivity index is 1.95. The van der Waals surface area contributed by atoms with Crippen LogP contribution in [0.25, 0.3) is 10.8 Å². The van der Waals surface area contributed by atoms with E-state index in [-0.39, 0.29) is 18.1 Å². The van der Waals surface area contributed by atoms with Crippen LogP contribution in [0.4, 0.5) is 21.1 Å². The molecule has 0 saturated carbocycles. The molecule has 132 valence electrons. The molecule has 0 spiro atoms. The first-order chi connectivity index (χ1) is 11.8. The van der Waals surface area contributed by atoms with E-state index >= 15 is 0 Å². The summed E-state index contributed by atoms with van der Waals surface area (Å²) in [6, 6.07) is 4.88. The van der Waals surface area contributed by atoms with Gasteiger partial charge in [0.2, 0.25) is 0 Å². The number of rotatable bonds is 3. The quantitative estimate of drug-likeness (QED) is 0.870. The Hall–Kier alpha value is -2.54. The van der Waals surface area contributed by atoms with Gasteiger partial charge in [-0.1, -0.05) is 11.6 Å². The molecule has 1 aliphatic heterocycles. The van der Waals surface area contributed by atoms with E-state index in [0.29, 0.717) is 23.1 Å². The number of nitrogens with zero attached hydrogens (tertiary/aromatic N) is 2. The number of hydrogen-bond acceptors (Lipinski definition) is 4. The fraction of sp³-hybridized carbons (Fsp3) is 0.353. The SMILES string of the molecule is CC(C)NC(=O)Nc1cc2cc(N3C(=O)OCC3C)cc(Cl)c2cn1. The van der Waals surface area contributed by atoms with Gasteiger partial charge < -0.3 is 10.1 Å². The van der Waals surface area contributed by atoms with E-state index in [4.69, 9.17) is 16.3 Å². The average Bonchev–Trinajstić information content (AvgIpc) is 2.85. The highest BCUT2D eigenvalue weighted by atomic mass is 35.5. The second-order valence-electron chi connectivity index (χ2n) is 6.27. The first-order valence-electron chi connectivity index (χ1n) is 7.98. The molecule has 8 heteroatoms. The summed E-state index contributed by atoms with van der Waals surface area (Å²) in [5.74, 6) is 0.399. The molecule has 1 aliphatic rings. The number of halogens is 1. The molecule has 3 amide bonds. The smallest absolute Gasteiger partial charge is 0.414 e. The van der Waals surface area contributed by atoms with Crippen molar-refractivity contribution >= 4 is 46.0 Å². The van der Waals surface area contributed by atoms with Crippen molar-refractivity contribution in [2.75, 3.05) is 16.8 Å².